The van der Waals surface area contributed by atoms with E-state index in [2.05, 4.69) is 90.7 Å². The van der Waals surface area contributed by atoms with Gasteiger partial charge < -0.3 is 19.4 Å². The fraction of sp³-hybridized carbons (Fsp3) is 0.643. The van der Waals surface area contributed by atoms with Crippen LogP contribution >= 0.6 is 0 Å². The van der Waals surface area contributed by atoms with Crippen LogP contribution in [-0.2, 0) is 9.16 Å². The Labute approximate surface area is 291 Å². The third-order valence-corrected chi connectivity index (χ3v) is 17.9. The summed E-state index contributed by atoms with van der Waals surface area (Å²) in [6.07, 6.45) is 16.7. The second-order valence-electron chi connectivity index (χ2n) is 17.5. The van der Waals surface area contributed by atoms with Gasteiger partial charge in [0.25, 0.3) is 0 Å². The number of hydrogen-bond donors (Lipinski definition) is 1. The van der Waals surface area contributed by atoms with E-state index in [0.717, 1.165) is 42.7 Å². The van der Waals surface area contributed by atoms with Gasteiger partial charge in [-0.25, -0.2) is 4.99 Å². The zero-order chi connectivity index (χ0) is 34.5. The molecule has 1 heterocycles. The fourth-order valence-electron chi connectivity index (χ4n) is 9.12. The van der Waals surface area contributed by atoms with E-state index in [0.29, 0.717) is 30.8 Å². The van der Waals surface area contributed by atoms with Gasteiger partial charge in [0.1, 0.15) is 12.6 Å². The number of ether oxygens (including phenoxy) is 1. The molecule has 48 heavy (non-hydrogen) atoms. The lowest BCUT2D eigenvalue weighted by molar-refractivity contribution is -0.411. The van der Waals surface area contributed by atoms with Crippen LogP contribution in [0.15, 0.2) is 82.9 Å². The maximum absolute atomic E-state index is 13.1. The quantitative estimate of drug-likeness (QED) is 0.210. The fourth-order valence-corrected chi connectivity index (χ4v) is 10.5. The van der Waals surface area contributed by atoms with Gasteiger partial charge in [-0.1, -0.05) is 113 Å². The molecule has 262 valence electrons. The third-order valence-electron chi connectivity index (χ3n) is 13.4. The Morgan fingerprint density at radius 3 is 2.52 bits per heavy atom. The maximum atomic E-state index is 13.1. The van der Waals surface area contributed by atoms with Crippen molar-refractivity contribution in [2.24, 2.45) is 33.6 Å². The predicted molar refractivity (Wildman–Crippen MR) is 197 cm³/mol. The van der Waals surface area contributed by atoms with E-state index in [9.17, 15) is 10.2 Å². The molecule has 4 fully saturated rings. The molecule has 5 nitrogen and oxygen atoms in total. The number of aliphatic hydroxyl groups is 1. The molecule has 0 amide bonds. The van der Waals surface area contributed by atoms with E-state index < -0.39 is 20.5 Å². The second kappa shape index (κ2) is 13.5. The van der Waals surface area contributed by atoms with Crippen molar-refractivity contribution < 1.29 is 19.4 Å². The molecule has 4 aliphatic carbocycles. The SMILES string of the molecule is C=C1/C(=C\C=C2/CCC[C@@]3(C)C2CC[C@H]3[C@H](C)/C=C/[C@H](O)C2(C3=N[C@H](c4ccccc4)CO3)CC2)C[C@@H](O[Si](C)(C)C(C)(C)C)C[C@@H]1[O-]. The minimum atomic E-state index is -1.96. The van der Waals surface area contributed by atoms with E-state index in [4.69, 9.17) is 14.2 Å². The van der Waals surface area contributed by atoms with Crippen molar-refractivity contribution in [3.05, 3.63) is 83.5 Å². The Morgan fingerprint density at radius 1 is 1.10 bits per heavy atom. The third kappa shape index (κ3) is 6.89. The van der Waals surface area contributed by atoms with Crippen molar-refractivity contribution >= 4 is 14.2 Å². The Morgan fingerprint density at radius 2 is 1.83 bits per heavy atom. The normalized spacial score (nSPS) is 35.1. The number of nitrogens with zero attached hydrogens (tertiary/aromatic N) is 1. The van der Waals surface area contributed by atoms with E-state index in [-0.39, 0.29) is 28.0 Å². The van der Waals surface area contributed by atoms with Gasteiger partial charge in [0.2, 0.25) is 0 Å². The van der Waals surface area contributed by atoms with E-state index in [1.165, 1.54) is 31.2 Å². The molecule has 1 aromatic rings. The molecule has 0 spiro atoms. The molecular weight excluding hydrogens is 611 g/mol. The second-order valence-corrected chi connectivity index (χ2v) is 22.3. The van der Waals surface area contributed by atoms with Gasteiger partial charge in [-0.2, -0.15) is 0 Å². The largest absolute Gasteiger partial charge is 0.848 e. The molecule has 0 bridgehead atoms. The molecule has 5 aliphatic rings. The summed E-state index contributed by atoms with van der Waals surface area (Å²) in [6, 6.07) is 10.3. The van der Waals surface area contributed by atoms with Crippen LogP contribution < -0.4 is 5.11 Å². The molecule has 6 heteroatoms. The molecule has 0 aromatic heterocycles. The van der Waals surface area contributed by atoms with Crippen LogP contribution in [0.2, 0.25) is 18.1 Å². The first kappa shape index (κ1) is 35.6. The van der Waals surface area contributed by atoms with Crippen LogP contribution in [0.1, 0.15) is 104 Å². The summed E-state index contributed by atoms with van der Waals surface area (Å²) in [5.74, 6) is 2.24. The van der Waals surface area contributed by atoms with Crippen LogP contribution in [0, 0.1) is 28.6 Å². The minimum Gasteiger partial charge on any atom is -0.848 e. The smallest absolute Gasteiger partial charge is 0.193 e. The highest BCUT2D eigenvalue weighted by Gasteiger charge is 2.56. The number of aliphatic hydroxyl groups excluding tert-OH is 1. The number of fused-ring (bicyclic) bond motifs is 1. The molecule has 1 unspecified atom stereocenters. The van der Waals surface area contributed by atoms with Crippen molar-refractivity contribution in [1.82, 2.24) is 0 Å². The lowest BCUT2D eigenvalue weighted by Gasteiger charge is -2.44. The molecular formula is C42H60NO4Si-. The summed E-state index contributed by atoms with van der Waals surface area (Å²) in [6.45, 7) is 21.0. The van der Waals surface area contributed by atoms with Crippen molar-refractivity contribution in [2.45, 2.75) is 135 Å². The summed E-state index contributed by atoms with van der Waals surface area (Å²) in [5, 5.41) is 24.7. The molecule has 1 aromatic carbocycles. The molecule has 4 saturated carbocycles. The lowest BCUT2D eigenvalue weighted by atomic mass is 9.61. The summed E-state index contributed by atoms with van der Waals surface area (Å²) in [7, 11) is -1.96. The zero-order valence-corrected chi connectivity index (χ0v) is 31.6. The van der Waals surface area contributed by atoms with Gasteiger partial charge in [-0.05, 0) is 110 Å². The Hall–Kier alpha value is -2.25. The predicted octanol–water partition coefficient (Wildman–Crippen LogP) is 9.03. The molecule has 8 atom stereocenters. The van der Waals surface area contributed by atoms with Crippen LogP contribution in [0.25, 0.3) is 0 Å². The number of allylic oxidation sites excluding steroid dienone is 4. The average Bonchev–Trinajstić information content (AvgIpc) is 3.54. The molecule has 0 radical (unpaired) electrons. The highest BCUT2D eigenvalue weighted by atomic mass is 28.4. The van der Waals surface area contributed by atoms with E-state index in [1.54, 1.807) is 5.57 Å². The molecule has 0 saturated heterocycles. The van der Waals surface area contributed by atoms with Gasteiger partial charge in [-0.15, -0.1) is 0 Å². The van der Waals surface area contributed by atoms with Crippen LogP contribution in [0.3, 0.4) is 0 Å². The maximum Gasteiger partial charge on any atom is 0.193 e. The standard InChI is InChI=1S/C42H60NO4Si/c1-28(16-21-38(45)42(23-24-42)39-43-36(27-46-39)31-13-10-9-11-14-31)34-19-20-35-30(15-12-22-41(34,35)6)17-18-32-25-33(26-37(44)29(32)2)47-48(7,8)40(3,4)5/h9-11,13-14,16-18,21,28,33-38,45H,2,12,15,19-20,22-27H2,1,3-8H3/q-1/b21-16+,30-17+,32-18-/t28-,33-,34+,35?,36+,37+,38+,41-/m1/s1. The Balaban J connectivity index is 1.12. The van der Waals surface area contributed by atoms with Crippen LogP contribution in [-0.4, -0.2) is 44.2 Å². The number of aliphatic imine (C=N–C) groups is 1. The number of rotatable bonds is 9. The lowest BCUT2D eigenvalue weighted by Crippen LogP contribution is -2.47. The average molecular weight is 671 g/mol. The van der Waals surface area contributed by atoms with Crippen molar-refractivity contribution in [1.29, 1.82) is 0 Å². The summed E-state index contributed by atoms with van der Waals surface area (Å²) >= 11 is 0. The topological polar surface area (TPSA) is 74.1 Å². The van der Waals surface area contributed by atoms with Gasteiger partial charge in [0.05, 0.1) is 11.5 Å². The van der Waals surface area contributed by atoms with E-state index >= 15 is 0 Å². The highest BCUT2D eigenvalue weighted by Crippen LogP contribution is 2.60. The van der Waals surface area contributed by atoms with Crippen molar-refractivity contribution in [2.75, 3.05) is 6.61 Å². The van der Waals surface area contributed by atoms with Gasteiger partial charge >= 0.3 is 0 Å². The van der Waals surface area contributed by atoms with Crippen molar-refractivity contribution in [3.8, 4) is 0 Å². The molecule has 6 rings (SSSR count). The minimum absolute atomic E-state index is 0.0169. The Kier molecular flexibility index (Phi) is 9.98. The Bertz CT molecular complexity index is 1460. The monoisotopic (exact) mass is 670 g/mol. The van der Waals surface area contributed by atoms with Crippen LogP contribution in [0.5, 0.6) is 0 Å². The summed E-state index contributed by atoms with van der Waals surface area (Å²) in [4.78, 5) is 4.94. The summed E-state index contributed by atoms with van der Waals surface area (Å²) in [5.41, 5.74) is 4.41. The number of benzene rings is 1. The first-order valence-corrected chi connectivity index (χ1v) is 21.6. The molecule has 1 N–H and O–H groups in total. The van der Waals surface area contributed by atoms with Gasteiger partial charge in [0.15, 0.2) is 14.2 Å². The zero-order valence-electron chi connectivity index (χ0n) is 30.6. The van der Waals surface area contributed by atoms with Crippen LogP contribution in [0.4, 0.5) is 0 Å². The first-order chi connectivity index (χ1) is 22.6. The summed E-state index contributed by atoms with van der Waals surface area (Å²) < 4.78 is 12.8. The molecule has 1 aliphatic heterocycles. The highest BCUT2D eigenvalue weighted by molar-refractivity contribution is 6.74. The number of hydrogen-bond acceptors (Lipinski definition) is 5. The van der Waals surface area contributed by atoms with Gasteiger partial charge in [-0.3, -0.25) is 0 Å². The van der Waals surface area contributed by atoms with Crippen molar-refractivity contribution in [3.63, 3.8) is 0 Å². The van der Waals surface area contributed by atoms with Gasteiger partial charge in [0, 0.05) is 6.10 Å². The van der Waals surface area contributed by atoms with E-state index in [1.807, 2.05) is 18.2 Å². The first-order valence-electron chi connectivity index (χ1n) is 18.7.